The van der Waals surface area contributed by atoms with Gasteiger partial charge in [0.2, 0.25) is 0 Å². The van der Waals surface area contributed by atoms with Crippen LogP contribution in [0, 0.1) is 0 Å². The third kappa shape index (κ3) is 4.19. The second kappa shape index (κ2) is 9.29. The van der Waals surface area contributed by atoms with Crippen LogP contribution in [0.25, 0.3) is 0 Å². The maximum absolute atomic E-state index is 12.7. The summed E-state index contributed by atoms with van der Waals surface area (Å²) in [7, 11) is 0. The topological polar surface area (TPSA) is 67.9 Å². The van der Waals surface area contributed by atoms with Gasteiger partial charge in [-0.2, -0.15) is 0 Å². The van der Waals surface area contributed by atoms with Crippen LogP contribution in [-0.2, 0) is 29.0 Å². The molecule has 3 aliphatic heterocycles. The summed E-state index contributed by atoms with van der Waals surface area (Å²) in [6, 6.07) is 11.9. The van der Waals surface area contributed by atoms with Crippen LogP contribution in [0.3, 0.4) is 0 Å². The molecule has 168 valence electrons. The highest BCUT2D eigenvalue weighted by Crippen LogP contribution is 2.49. The molecule has 1 N–H and O–H groups in total. The van der Waals surface area contributed by atoms with E-state index in [9.17, 15) is 9.59 Å². The van der Waals surface area contributed by atoms with Crippen LogP contribution in [-0.4, -0.2) is 35.6 Å². The highest BCUT2D eigenvalue weighted by atomic mass is 127. The first-order chi connectivity index (χ1) is 15.6. The van der Waals surface area contributed by atoms with Crippen molar-refractivity contribution in [3.05, 3.63) is 58.7 Å². The summed E-state index contributed by atoms with van der Waals surface area (Å²) < 4.78 is 10.9. The van der Waals surface area contributed by atoms with Crippen LogP contribution >= 0.6 is 22.6 Å². The second-order valence-corrected chi connectivity index (χ2v) is 10.0. The number of carbonyl (C=O) groups is 2. The van der Waals surface area contributed by atoms with Crippen LogP contribution < -0.4 is 15.0 Å². The number of benzene rings is 2. The Labute approximate surface area is 201 Å². The van der Waals surface area contributed by atoms with Gasteiger partial charge in [0.05, 0.1) is 0 Å². The van der Waals surface area contributed by atoms with Gasteiger partial charge in [0.1, 0.15) is 16.3 Å². The molecule has 0 saturated heterocycles. The van der Waals surface area contributed by atoms with E-state index < -0.39 is 6.09 Å². The number of carbonyl (C=O) groups excluding carboxylic acids is 2. The Hall–Kier alpha value is -2.29. The van der Waals surface area contributed by atoms with Crippen LogP contribution in [0.4, 0.5) is 10.5 Å². The van der Waals surface area contributed by atoms with Gasteiger partial charge >= 0.3 is 12.1 Å². The predicted octanol–water partition coefficient (Wildman–Crippen LogP) is 4.51. The van der Waals surface area contributed by atoms with Crippen LogP contribution in [0.2, 0.25) is 0 Å². The molecule has 32 heavy (non-hydrogen) atoms. The molecule has 0 fully saturated rings. The molecule has 0 saturated carbocycles. The third-order valence-corrected chi connectivity index (χ3v) is 8.00. The normalized spacial score (nSPS) is 21.3. The summed E-state index contributed by atoms with van der Waals surface area (Å²) in [6.07, 6.45) is 4.51. The van der Waals surface area contributed by atoms with Crippen molar-refractivity contribution in [2.75, 3.05) is 24.5 Å². The summed E-state index contributed by atoms with van der Waals surface area (Å²) in [6.45, 7) is 2.86. The SMILES string of the molecule is O=C(NCCC1c2cc3c4c(c2OC(=O)C1I)CCCN4CCC3)OCc1ccccc1. The van der Waals surface area contributed by atoms with Gasteiger partial charge in [-0.3, -0.25) is 4.79 Å². The van der Waals surface area contributed by atoms with Crippen molar-refractivity contribution in [3.8, 4) is 5.75 Å². The maximum atomic E-state index is 12.7. The lowest BCUT2D eigenvalue weighted by molar-refractivity contribution is -0.134. The van der Waals surface area contributed by atoms with Crippen molar-refractivity contribution in [1.29, 1.82) is 0 Å². The number of esters is 1. The van der Waals surface area contributed by atoms with Gasteiger partial charge in [0.15, 0.2) is 0 Å². The third-order valence-electron chi connectivity index (χ3n) is 6.62. The molecule has 1 amide bonds. The molecule has 3 aliphatic rings. The van der Waals surface area contributed by atoms with E-state index >= 15 is 0 Å². The van der Waals surface area contributed by atoms with Crippen LogP contribution in [0.1, 0.15) is 47.4 Å². The summed E-state index contributed by atoms with van der Waals surface area (Å²) in [5, 5.41) is 2.85. The number of anilines is 1. The number of ether oxygens (including phenoxy) is 2. The van der Waals surface area contributed by atoms with Gasteiger partial charge in [0.25, 0.3) is 0 Å². The molecule has 2 aromatic rings. The number of amides is 1. The molecule has 2 atom stereocenters. The molecule has 3 heterocycles. The molecule has 2 aromatic carbocycles. The minimum Gasteiger partial charge on any atom is -0.445 e. The first-order valence-corrected chi connectivity index (χ1v) is 12.6. The Kier molecular flexibility index (Phi) is 6.26. The van der Waals surface area contributed by atoms with Crippen molar-refractivity contribution >= 4 is 40.3 Å². The molecule has 0 spiro atoms. The number of hydrogen-bond acceptors (Lipinski definition) is 5. The number of aryl methyl sites for hydroxylation is 1. The average molecular weight is 546 g/mol. The number of halogens is 1. The molecule has 0 aliphatic carbocycles. The molecule has 6 nitrogen and oxygen atoms in total. The highest BCUT2D eigenvalue weighted by Gasteiger charge is 2.40. The fourth-order valence-electron chi connectivity index (χ4n) is 5.14. The monoisotopic (exact) mass is 546 g/mol. The van der Waals surface area contributed by atoms with E-state index in [0.29, 0.717) is 13.0 Å². The van der Waals surface area contributed by atoms with Crippen molar-refractivity contribution in [2.45, 2.75) is 48.6 Å². The van der Waals surface area contributed by atoms with E-state index in [2.05, 4.69) is 38.9 Å². The Bertz CT molecular complexity index is 1020. The van der Waals surface area contributed by atoms with E-state index in [1.807, 2.05) is 30.3 Å². The number of alkyl halides is 1. The fourth-order valence-corrected chi connectivity index (χ4v) is 6.01. The van der Waals surface area contributed by atoms with E-state index in [4.69, 9.17) is 9.47 Å². The fraction of sp³-hybridized carbons (Fsp3) is 0.440. The lowest BCUT2D eigenvalue weighted by atomic mass is 9.82. The first kappa shape index (κ1) is 21.6. The minimum absolute atomic E-state index is 0.0140. The van der Waals surface area contributed by atoms with Gasteiger partial charge in [-0.05, 0) is 49.3 Å². The molecule has 2 unspecified atom stereocenters. The van der Waals surface area contributed by atoms with E-state index in [0.717, 1.165) is 55.6 Å². The number of nitrogens with zero attached hydrogens (tertiary/aromatic N) is 1. The zero-order valence-corrected chi connectivity index (χ0v) is 20.1. The van der Waals surface area contributed by atoms with Crippen molar-refractivity contribution in [1.82, 2.24) is 5.32 Å². The summed E-state index contributed by atoms with van der Waals surface area (Å²) in [4.78, 5) is 27.3. The molecule has 5 rings (SSSR count). The Morgan fingerprint density at radius 1 is 1.19 bits per heavy atom. The standard InChI is InChI=1S/C25H27IN2O4/c26-21-18(10-11-27-25(30)31-15-16-6-2-1-3-7-16)20-14-17-8-4-12-28-13-5-9-19(22(17)28)23(20)32-24(21)29/h1-3,6-7,14,18,21H,4-5,8-13,15H2,(H,27,30). The van der Waals surface area contributed by atoms with Crippen molar-refractivity contribution in [2.24, 2.45) is 0 Å². The lowest BCUT2D eigenvalue weighted by Gasteiger charge is -2.40. The molecular weight excluding hydrogens is 519 g/mol. The minimum atomic E-state index is -0.436. The van der Waals surface area contributed by atoms with Crippen molar-refractivity contribution in [3.63, 3.8) is 0 Å². The summed E-state index contributed by atoms with van der Waals surface area (Å²) in [5.74, 6) is 0.615. The smallest absolute Gasteiger partial charge is 0.407 e. The number of nitrogens with one attached hydrogen (secondary N) is 1. The quantitative estimate of drug-likeness (QED) is 0.259. The Morgan fingerprint density at radius 2 is 1.97 bits per heavy atom. The van der Waals surface area contributed by atoms with Crippen molar-refractivity contribution < 1.29 is 19.1 Å². The van der Waals surface area contributed by atoms with Gasteiger partial charge < -0.3 is 19.7 Å². The molecule has 0 aromatic heterocycles. The van der Waals surface area contributed by atoms with E-state index in [-0.39, 0.29) is 22.4 Å². The largest absolute Gasteiger partial charge is 0.445 e. The molecule has 0 bridgehead atoms. The number of fused-ring (bicyclic) bond motifs is 2. The predicted molar refractivity (Wildman–Crippen MR) is 131 cm³/mol. The van der Waals surface area contributed by atoms with Crippen LogP contribution in [0.15, 0.2) is 36.4 Å². The second-order valence-electron chi connectivity index (χ2n) is 8.68. The number of alkyl carbamates (subject to hydrolysis) is 1. The van der Waals surface area contributed by atoms with Gasteiger partial charge in [-0.25, -0.2) is 4.79 Å². The average Bonchev–Trinajstić information content (AvgIpc) is 2.82. The van der Waals surface area contributed by atoms with Crippen LogP contribution in [0.5, 0.6) is 5.75 Å². The number of rotatable bonds is 5. The van der Waals surface area contributed by atoms with Gasteiger partial charge in [-0.15, -0.1) is 0 Å². The summed E-state index contributed by atoms with van der Waals surface area (Å²) in [5.41, 5.74) is 5.97. The Balaban J connectivity index is 1.30. The Morgan fingerprint density at radius 3 is 2.78 bits per heavy atom. The zero-order chi connectivity index (χ0) is 22.1. The summed E-state index contributed by atoms with van der Waals surface area (Å²) >= 11 is 2.19. The highest BCUT2D eigenvalue weighted by molar-refractivity contribution is 14.1. The molecular formula is C25H27IN2O4. The molecule has 7 heteroatoms. The molecule has 0 radical (unpaired) electrons. The first-order valence-electron chi connectivity index (χ1n) is 11.4. The number of hydrogen-bond donors (Lipinski definition) is 1. The maximum Gasteiger partial charge on any atom is 0.407 e. The van der Waals surface area contributed by atoms with E-state index in [1.165, 1.54) is 16.8 Å². The van der Waals surface area contributed by atoms with E-state index in [1.54, 1.807) is 0 Å². The van der Waals surface area contributed by atoms with Gasteiger partial charge in [0, 0.05) is 42.4 Å². The lowest BCUT2D eigenvalue weighted by Crippen LogP contribution is -2.38. The zero-order valence-electron chi connectivity index (χ0n) is 17.9. The van der Waals surface area contributed by atoms with Gasteiger partial charge in [-0.1, -0.05) is 52.9 Å².